The lowest BCUT2D eigenvalue weighted by Gasteiger charge is -2.29. The quantitative estimate of drug-likeness (QED) is 0.534. The number of hydrazine groups is 1. The zero-order valence-electron chi connectivity index (χ0n) is 14.8. The van der Waals surface area contributed by atoms with E-state index in [0.717, 1.165) is 21.2 Å². The van der Waals surface area contributed by atoms with Crippen LogP contribution >= 0.6 is 22.9 Å². The molecule has 1 aliphatic carbocycles. The molecule has 3 rings (SSSR count). The summed E-state index contributed by atoms with van der Waals surface area (Å²) in [6, 6.07) is 7.36. The first kappa shape index (κ1) is 19.4. The van der Waals surface area contributed by atoms with Crippen LogP contribution in [0.3, 0.4) is 0 Å². The zero-order valence-corrected chi connectivity index (χ0v) is 16.4. The number of aliphatic carboxylic acids is 1. The number of amides is 2. The minimum absolute atomic E-state index is 0.295. The fraction of sp³-hybridized carbons (Fsp3) is 0.316. The zero-order chi connectivity index (χ0) is 19.7. The van der Waals surface area contributed by atoms with Crippen molar-refractivity contribution in [3.8, 4) is 0 Å². The molecule has 0 aliphatic heterocycles. The normalized spacial score (nSPS) is 19.8. The number of carbonyl (C=O) groups excluding carboxylic acids is 2. The van der Waals surface area contributed by atoms with E-state index >= 15 is 0 Å². The molecule has 0 saturated heterocycles. The Morgan fingerprint density at radius 1 is 1.07 bits per heavy atom. The second-order valence-corrected chi connectivity index (χ2v) is 8.13. The number of nitrogens with one attached hydrogen (secondary N) is 2. The average molecular weight is 407 g/mol. The number of hydrogen-bond acceptors (Lipinski definition) is 4. The molecule has 0 fully saturated rings. The summed E-state index contributed by atoms with van der Waals surface area (Å²) >= 11 is 7.50. The monoisotopic (exact) mass is 406 g/mol. The molecule has 0 radical (unpaired) electrons. The number of carbonyl (C=O) groups is 3. The Balaban J connectivity index is 1.71. The van der Waals surface area contributed by atoms with Gasteiger partial charge in [0.15, 0.2) is 0 Å². The van der Waals surface area contributed by atoms with E-state index in [4.69, 9.17) is 11.6 Å². The summed E-state index contributed by atoms with van der Waals surface area (Å²) < 4.78 is 0.869. The molecule has 0 spiro atoms. The summed E-state index contributed by atoms with van der Waals surface area (Å²) in [7, 11) is 0. The molecule has 1 aromatic carbocycles. The van der Waals surface area contributed by atoms with E-state index in [1.807, 2.05) is 38.1 Å². The van der Waals surface area contributed by atoms with Crippen LogP contribution in [0.15, 0.2) is 35.4 Å². The predicted octanol–water partition coefficient (Wildman–Crippen LogP) is 3.76. The number of carboxylic acid groups (broad SMARTS) is 1. The molecule has 142 valence electrons. The number of benzene rings is 1. The van der Waals surface area contributed by atoms with Gasteiger partial charge in [-0.2, -0.15) is 0 Å². The predicted molar refractivity (Wildman–Crippen MR) is 105 cm³/mol. The first-order valence-electron chi connectivity index (χ1n) is 8.44. The molecule has 1 aromatic heterocycles. The lowest BCUT2D eigenvalue weighted by Crippen LogP contribution is -2.47. The molecule has 1 heterocycles. The van der Waals surface area contributed by atoms with Crippen LogP contribution in [0.4, 0.5) is 0 Å². The van der Waals surface area contributed by atoms with Gasteiger partial charge in [0.05, 0.1) is 16.9 Å². The van der Waals surface area contributed by atoms with Crippen molar-refractivity contribution in [2.24, 2.45) is 11.8 Å². The van der Waals surface area contributed by atoms with Crippen molar-refractivity contribution >= 4 is 50.8 Å². The lowest BCUT2D eigenvalue weighted by atomic mass is 9.76. The van der Waals surface area contributed by atoms with Crippen LogP contribution in [0.2, 0.25) is 5.02 Å². The maximum absolute atomic E-state index is 12.5. The highest BCUT2D eigenvalue weighted by Crippen LogP contribution is 2.36. The third-order valence-electron chi connectivity index (χ3n) is 4.96. The summed E-state index contributed by atoms with van der Waals surface area (Å²) in [6.07, 6.45) is 0.684. The van der Waals surface area contributed by atoms with Crippen molar-refractivity contribution in [3.63, 3.8) is 0 Å². The number of fused-ring (bicyclic) bond motifs is 1. The topological polar surface area (TPSA) is 95.5 Å². The van der Waals surface area contributed by atoms with Crippen LogP contribution in [0.25, 0.3) is 10.1 Å². The van der Waals surface area contributed by atoms with Crippen molar-refractivity contribution in [2.75, 3.05) is 0 Å². The molecule has 2 amide bonds. The van der Waals surface area contributed by atoms with Crippen molar-refractivity contribution < 1.29 is 19.5 Å². The molecular formula is C19H19ClN2O4S. The maximum Gasteiger partial charge on any atom is 0.307 e. The van der Waals surface area contributed by atoms with Crippen LogP contribution in [0.1, 0.15) is 36.4 Å². The van der Waals surface area contributed by atoms with Crippen molar-refractivity contribution in [1.82, 2.24) is 10.9 Å². The Hall–Kier alpha value is -2.38. The van der Waals surface area contributed by atoms with Crippen molar-refractivity contribution in [2.45, 2.75) is 26.7 Å². The number of allylic oxidation sites excluding steroid dienone is 2. The maximum atomic E-state index is 12.5. The number of halogens is 1. The van der Waals surface area contributed by atoms with Gasteiger partial charge in [-0.05, 0) is 32.8 Å². The van der Waals surface area contributed by atoms with E-state index in [9.17, 15) is 19.5 Å². The van der Waals surface area contributed by atoms with Crippen LogP contribution < -0.4 is 10.9 Å². The molecule has 0 saturated carbocycles. The molecule has 3 N–H and O–H groups in total. The molecule has 8 heteroatoms. The molecular weight excluding hydrogens is 388 g/mol. The molecule has 2 atom stereocenters. The van der Waals surface area contributed by atoms with Gasteiger partial charge in [0.25, 0.3) is 5.91 Å². The lowest BCUT2D eigenvalue weighted by molar-refractivity contribution is -0.147. The summed E-state index contributed by atoms with van der Waals surface area (Å²) in [5.74, 6) is -3.59. The second-order valence-electron chi connectivity index (χ2n) is 6.70. The van der Waals surface area contributed by atoms with Gasteiger partial charge in [-0.25, -0.2) is 0 Å². The van der Waals surface area contributed by atoms with Gasteiger partial charge in [0.1, 0.15) is 4.88 Å². The molecule has 0 bridgehead atoms. The Bertz CT molecular complexity index is 966. The third kappa shape index (κ3) is 3.84. The number of carboxylic acids is 1. The number of hydrogen-bond donors (Lipinski definition) is 3. The van der Waals surface area contributed by atoms with Gasteiger partial charge in [-0.1, -0.05) is 40.9 Å². The van der Waals surface area contributed by atoms with E-state index < -0.39 is 29.6 Å². The van der Waals surface area contributed by atoms with Crippen LogP contribution in [-0.4, -0.2) is 22.9 Å². The highest BCUT2D eigenvalue weighted by molar-refractivity contribution is 7.21. The molecule has 6 nitrogen and oxygen atoms in total. The van der Waals surface area contributed by atoms with Crippen LogP contribution in [0.5, 0.6) is 0 Å². The van der Waals surface area contributed by atoms with Crippen molar-refractivity contribution in [3.05, 3.63) is 45.3 Å². The molecule has 2 aromatic rings. The highest BCUT2D eigenvalue weighted by atomic mass is 35.5. The Morgan fingerprint density at radius 2 is 1.70 bits per heavy atom. The van der Waals surface area contributed by atoms with E-state index in [1.165, 1.54) is 11.3 Å². The minimum atomic E-state index is -1.01. The average Bonchev–Trinajstić information content (AvgIpc) is 2.98. The van der Waals surface area contributed by atoms with Crippen LogP contribution in [-0.2, 0) is 9.59 Å². The van der Waals surface area contributed by atoms with Gasteiger partial charge in [0, 0.05) is 10.1 Å². The van der Waals surface area contributed by atoms with E-state index in [1.54, 1.807) is 0 Å². The second kappa shape index (κ2) is 7.70. The Labute approximate surface area is 165 Å². The Morgan fingerprint density at radius 3 is 2.33 bits per heavy atom. The first-order valence-corrected chi connectivity index (χ1v) is 9.64. The summed E-state index contributed by atoms with van der Waals surface area (Å²) in [5.41, 5.74) is 6.73. The van der Waals surface area contributed by atoms with Gasteiger partial charge >= 0.3 is 5.97 Å². The van der Waals surface area contributed by atoms with E-state index in [-0.39, 0.29) is 0 Å². The number of thiophene rings is 1. The highest BCUT2D eigenvalue weighted by Gasteiger charge is 2.37. The van der Waals surface area contributed by atoms with Crippen LogP contribution in [0, 0.1) is 11.8 Å². The van der Waals surface area contributed by atoms with Gasteiger partial charge in [-0.15, -0.1) is 11.3 Å². The largest absolute Gasteiger partial charge is 0.481 e. The SMILES string of the molecule is CC1=C(C)C[C@@H](C(=O)NNC(=O)c2sc3ccccc3c2Cl)[C@@H](C(=O)O)C1. The fourth-order valence-electron chi connectivity index (χ4n) is 3.26. The van der Waals surface area contributed by atoms with Crippen molar-refractivity contribution in [1.29, 1.82) is 0 Å². The number of rotatable bonds is 3. The molecule has 0 unspecified atom stereocenters. The first-order chi connectivity index (χ1) is 12.8. The van der Waals surface area contributed by atoms with E-state index in [0.29, 0.717) is 22.7 Å². The molecule has 27 heavy (non-hydrogen) atoms. The molecule has 1 aliphatic rings. The minimum Gasteiger partial charge on any atom is -0.481 e. The Kier molecular flexibility index (Phi) is 5.53. The van der Waals surface area contributed by atoms with E-state index in [2.05, 4.69) is 10.9 Å². The standard InChI is InChI=1S/C19H19ClN2O4S/c1-9-7-12(13(19(25)26)8-10(9)2)17(23)21-22-18(24)16-15(20)11-5-3-4-6-14(11)27-16/h3-6,12-13H,7-8H2,1-2H3,(H,21,23)(H,22,24)(H,25,26)/t12-,13+/m1/s1. The fourth-order valence-corrected chi connectivity index (χ4v) is 4.67. The third-order valence-corrected chi connectivity index (χ3v) is 6.63. The smallest absolute Gasteiger partial charge is 0.307 e. The summed E-state index contributed by atoms with van der Waals surface area (Å²) in [6.45, 7) is 3.77. The summed E-state index contributed by atoms with van der Waals surface area (Å²) in [4.78, 5) is 36.8. The van der Waals surface area contributed by atoms with Gasteiger partial charge in [-0.3, -0.25) is 25.2 Å². The van der Waals surface area contributed by atoms with Gasteiger partial charge < -0.3 is 5.11 Å². The summed E-state index contributed by atoms with van der Waals surface area (Å²) in [5, 5.41) is 10.5. The van der Waals surface area contributed by atoms with Gasteiger partial charge in [0.2, 0.25) is 5.91 Å².